The van der Waals surface area contributed by atoms with Crippen molar-refractivity contribution >= 4 is 68.0 Å². The Bertz CT molecular complexity index is 7130. The first-order chi connectivity index (χ1) is 66.2. The van der Waals surface area contributed by atoms with E-state index in [0.29, 0.717) is 144 Å². The maximum absolute atomic E-state index is 11.8. The van der Waals surface area contributed by atoms with Crippen molar-refractivity contribution in [2.45, 2.75) is 53.9 Å². The van der Waals surface area contributed by atoms with E-state index in [4.69, 9.17) is 18.9 Å². The van der Waals surface area contributed by atoms with Gasteiger partial charge >= 0.3 is 35.0 Å². The molecule has 692 valence electrons. The summed E-state index contributed by atoms with van der Waals surface area (Å²) >= 11 is 0. The predicted octanol–water partition coefficient (Wildman–Crippen LogP) is 15.0. The molecule has 138 heavy (non-hydrogen) atoms. The van der Waals surface area contributed by atoms with Crippen molar-refractivity contribution < 1.29 is 76.6 Å². The molecule has 0 amide bonds. The Morgan fingerprint density at radius 1 is 0.290 bits per heavy atom. The summed E-state index contributed by atoms with van der Waals surface area (Å²) in [4.78, 5) is 121. The summed E-state index contributed by atoms with van der Waals surface area (Å²) < 4.78 is 48.4. The minimum absolute atomic E-state index is 0. The lowest BCUT2D eigenvalue weighted by Gasteiger charge is -2.13. The van der Waals surface area contributed by atoms with Gasteiger partial charge in [-0.1, -0.05) is 251 Å². The fourth-order valence-electron chi connectivity index (χ4n) is 15.9. The Hall–Kier alpha value is -18.9. The number of ether oxygens (including phenoxy) is 4. The monoisotopic (exact) mass is 1850 g/mol. The smallest absolute Gasteiger partial charge is 0.439 e. The van der Waals surface area contributed by atoms with Crippen molar-refractivity contribution in [3.05, 3.63) is 368 Å². The molecule has 0 spiro atoms. The Kier molecular flexibility index (Phi) is 28.3. The second-order valence-corrected chi connectivity index (χ2v) is 30.3. The van der Waals surface area contributed by atoms with Crippen LogP contribution >= 0.6 is 0 Å². The van der Waals surface area contributed by atoms with Crippen molar-refractivity contribution in [3.8, 4) is 114 Å². The van der Waals surface area contributed by atoms with Gasteiger partial charge in [-0.05, 0) is 131 Å². The van der Waals surface area contributed by atoms with Crippen LogP contribution in [0.5, 0.6) is 24.0 Å². The second-order valence-electron chi connectivity index (χ2n) is 30.3. The summed E-state index contributed by atoms with van der Waals surface area (Å²) in [5.74, 6) is -5.62. The molecule has 0 bridgehead atoms. The molecule has 0 atom stereocenters. The number of benzene rings is 12. The van der Waals surface area contributed by atoms with Crippen LogP contribution in [0.25, 0.3) is 134 Å². The highest BCUT2D eigenvalue weighted by Gasteiger charge is 2.26. The van der Waals surface area contributed by atoms with Crippen LogP contribution in [0.2, 0.25) is 0 Å². The van der Waals surface area contributed by atoms with Crippen LogP contribution in [-0.4, -0.2) is 139 Å². The number of imidazole rings is 4. The Morgan fingerprint density at radius 3 is 0.681 bits per heavy atom. The quantitative estimate of drug-likeness (QED) is 0.0248. The zero-order valence-corrected chi connectivity index (χ0v) is 74.7. The molecule has 0 saturated heterocycles. The molecular formula is C102H84N16O20. The lowest BCUT2D eigenvalue weighted by molar-refractivity contribution is -0.256. The number of aromatic nitrogens is 16. The standard InChI is InChI=1S/4C25H20N4O5.2CH3/c4*1-2-33-24-26-20-9-5-8-19(23(30)31)21(20)29(24)14-15-10-12-16(13-11-15)17-6-3-4-7-18(17)22-27-25(32)34-28-22;;/h4*3-13H,2,14H2,1H3,(H,30,31)(H,27,28,32);2*1H3/q;;;;2*+1/p-2. The Labute approximate surface area is 782 Å². The average molecular weight is 1850 g/mol. The van der Waals surface area contributed by atoms with Crippen LogP contribution in [0.15, 0.2) is 304 Å². The molecule has 0 aliphatic heterocycles. The van der Waals surface area contributed by atoms with E-state index in [1.807, 2.05) is 222 Å². The molecule has 36 heteroatoms. The van der Waals surface area contributed by atoms with Gasteiger partial charge in [-0.25, -0.2) is 28.8 Å². The summed E-state index contributed by atoms with van der Waals surface area (Å²) in [5.41, 5.74) is 18.5. The molecule has 0 saturated carbocycles. The molecule has 0 aliphatic rings. The van der Waals surface area contributed by atoms with E-state index >= 15 is 0 Å². The van der Waals surface area contributed by atoms with E-state index in [1.54, 1.807) is 78.9 Å². The van der Waals surface area contributed by atoms with Crippen molar-refractivity contribution in [1.82, 2.24) is 78.8 Å². The molecule has 6 N–H and O–H groups in total. The van der Waals surface area contributed by atoms with Crippen LogP contribution < -0.4 is 52.2 Å². The maximum Gasteiger partial charge on any atom is 0.439 e. The molecule has 20 rings (SSSR count). The van der Waals surface area contributed by atoms with Crippen LogP contribution in [0.4, 0.5) is 0 Å². The topological polar surface area (TPSA) is 499 Å². The summed E-state index contributed by atoms with van der Waals surface area (Å²) in [6, 6.07) is 82.7. The fourth-order valence-corrected chi connectivity index (χ4v) is 15.9. The van der Waals surface area contributed by atoms with Gasteiger partial charge in [0.05, 0.1) is 120 Å². The van der Waals surface area contributed by atoms with Gasteiger partial charge in [0.2, 0.25) is 0 Å². The summed E-state index contributed by atoms with van der Waals surface area (Å²) in [6.45, 7) is 10.5. The molecule has 8 heterocycles. The summed E-state index contributed by atoms with van der Waals surface area (Å²) in [5, 5.41) is 58.0. The number of carbonyl (C=O) groups is 4. The number of carboxylic acid groups (broad SMARTS) is 4. The summed E-state index contributed by atoms with van der Waals surface area (Å²) in [6.07, 6.45) is 0. The van der Waals surface area contributed by atoms with Crippen LogP contribution in [0, 0.1) is 14.9 Å². The lowest BCUT2D eigenvalue weighted by atomic mass is 9.98. The Morgan fingerprint density at radius 2 is 0.493 bits per heavy atom. The van der Waals surface area contributed by atoms with Crippen molar-refractivity contribution in [3.63, 3.8) is 0 Å². The van der Waals surface area contributed by atoms with Gasteiger partial charge in [0.15, 0.2) is 23.3 Å². The zero-order chi connectivity index (χ0) is 94.6. The molecular weight excluding hydrogens is 1770 g/mol. The number of rotatable bonds is 28. The SMILES string of the molecule is CCOc1nc2cccc(C(=O)O)c2n1Cc1ccc(-c2ccccc2-c2noc(=O)[nH]2)cc1.CCOc1nc2cccc(C(=O)O)c2n1Cc1ccc(-c2ccccc2-c2noc(=O)[nH]2)cc1.CCOc1nc2cccc(C(=O)[O-])c2n1Cc1ccc(-c2ccccc2-c2noc(=O)[nH]2)cc1.CCOc1nc2cccc(C(=O)[O-])c2n1Cc1ccc(-c2ccccc2-c2noc(=O)[nH]2)cc1.[CH3+].[CH3+]. The second kappa shape index (κ2) is 41.7. The van der Waals surface area contributed by atoms with Gasteiger partial charge < -0.3 is 49.0 Å². The number of nitrogens with zero attached hydrogens (tertiary/aromatic N) is 12. The molecule has 0 unspecified atom stereocenters. The highest BCUT2D eigenvalue weighted by atomic mass is 16.5. The molecule has 8 aromatic heterocycles. The van der Waals surface area contributed by atoms with Gasteiger partial charge in [0.1, 0.15) is 0 Å². The van der Waals surface area contributed by atoms with Crippen molar-refractivity contribution in [2.75, 3.05) is 26.4 Å². The number of aromatic carboxylic acids is 4. The number of H-pyrrole nitrogens is 4. The molecule has 0 fully saturated rings. The third kappa shape index (κ3) is 20.0. The zero-order valence-electron chi connectivity index (χ0n) is 74.7. The average Bonchev–Trinajstić information content (AvgIpc) is 1.62. The number of carbonyl (C=O) groups excluding carboxylic acids is 2. The molecule has 20 aromatic rings. The van der Waals surface area contributed by atoms with Gasteiger partial charge in [-0.2, -0.15) is 19.9 Å². The highest BCUT2D eigenvalue weighted by Crippen LogP contribution is 2.38. The number of carboxylic acids is 4. The maximum atomic E-state index is 11.8. The highest BCUT2D eigenvalue weighted by molar-refractivity contribution is 6.04. The predicted molar refractivity (Wildman–Crippen MR) is 507 cm³/mol. The van der Waals surface area contributed by atoms with Crippen molar-refractivity contribution in [2.24, 2.45) is 0 Å². The van der Waals surface area contributed by atoms with Gasteiger partial charge in [-0.3, -0.25) is 56.3 Å². The van der Waals surface area contributed by atoms with Crippen LogP contribution in [0.3, 0.4) is 0 Å². The van der Waals surface area contributed by atoms with E-state index in [2.05, 4.69) is 78.6 Å². The van der Waals surface area contributed by atoms with Gasteiger partial charge in [0, 0.05) is 48.2 Å². The number of para-hydroxylation sites is 4. The number of aromatic amines is 4. The number of hydrogen-bond donors (Lipinski definition) is 6. The van der Waals surface area contributed by atoms with Crippen LogP contribution in [0.1, 0.15) is 91.4 Å². The molecule has 12 aromatic carbocycles. The molecule has 0 aliphatic carbocycles. The summed E-state index contributed by atoms with van der Waals surface area (Å²) in [7, 11) is 0. The first-order valence-corrected chi connectivity index (χ1v) is 42.6. The first kappa shape index (κ1) is 93.8. The minimum atomic E-state index is -1.27. The van der Waals surface area contributed by atoms with Gasteiger partial charge in [0.25, 0.3) is 24.0 Å². The lowest BCUT2D eigenvalue weighted by Crippen LogP contribution is -2.23. The largest absolute Gasteiger partial charge is 0.545 e. The van der Waals surface area contributed by atoms with Gasteiger partial charge in [-0.15, -0.1) is 0 Å². The van der Waals surface area contributed by atoms with E-state index < -0.39 is 46.9 Å². The molecule has 0 radical (unpaired) electrons. The normalized spacial score (nSPS) is 10.9. The number of nitrogens with one attached hydrogen (secondary N) is 4. The van der Waals surface area contributed by atoms with E-state index in [1.165, 1.54) is 12.1 Å². The first-order valence-electron chi connectivity index (χ1n) is 42.6. The third-order valence-electron chi connectivity index (χ3n) is 21.8. The van der Waals surface area contributed by atoms with Crippen LogP contribution in [-0.2, 0) is 26.2 Å². The van der Waals surface area contributed by atoms with E-state index in [-0.39, 0.29) is 37.1 Å². The third-order valence-corrected chi connectivity index (χ3v) is 21.8. The minimum Gasteiger partial charge on any atom is -0.545 e. The number of fused-ring (bicyclic) bond motifs is 4. The van der Waals surface area contributed by atoms with E-state index in [9.17, 15) is 58.8 Å². The van der Waals surface area contributed by atoms with E-state index in [0.717, 1.165) is 89.0 Å². The Balaban J connectivity index is 0.000000139. The molecule has 36 nitrogen and oxygen atoms in total. The fraction of sp³-hybridized carbons (Fsp3) is 0.118. The number of hydrogen-bond acceptors (Lipinski definition) is 26. The van der Waals surface area contributed by atoms with Crippen molar-refractivity contribution in [1.29, 1.82) is 0 Å².